The maximum atomic E-state index is 13.5. The van der Waals surface area contributed by atoms with E-state index in [-0.39, 0.29) is 60.0 Å². The Hall–Kier alpha value is -4.97. The first kappa shape index (κ1) is 40.8. The van der Waals surface area contributed by atoms with Crippen LogP contribution in [0.2, 0.25) is 0 Å². The molecule has 0 aliphatic carbocycles. The van der Waals surface area contributed by atoms with E-state index in [0.717, 1.165) is 28.0 Å². The Morgan fingerprint density at radius 1 is 1.09 bits per heavy atom. The van der Waals surface area contributed by atoms with E-state index in [0.29, 0.717) is 17.1 Å². The van der Waals surface area contributed by atoms with Crippen molar-refractivity contribution in [2.45, 2.75) is 75.9 Å². The van der Waals surface area contributed by atoms with E-state index in [1.54, 1.807) is 41.5 Å². The average Bonchev–Trinajstić information content (AvgIpc) is 3.71. The zero-order valence-corrected chi connectivity index (χ0v) is 32.0. The minimum atomic E-state index is -1.32. The highest BCUT2D eigenvalue weighted by molar-refractivity contribution is 8.01. The number of hydrogen-bond acceptors (Lipinski definition) is 17. The fraction of sp³-hybridized carbons (Fsp3) is 0.552. The average molecular weight is 798 g/mol. The molecule has 288 valence electrons. The first-order valence-electron chi connectivity index (χ1n) is 15.9. The minimum absolute atomic E-state index is 0.0117. The van der Waals surface area contributed by atoms with Crippen LogP contribution in [-0.4, -0.2) is 131 Å². The van der Waals surface area contributed by atoms with Crippen molar-refractivity contribution in [2.75, 3.05) is 36.5 Å². The van der Waals surface area contributed by atoms with Gasteiger partial charge in [0.05, 0.1) is 13.1 Å². The summed E-state index contributed by atoms with van der Waals surface area (Å²) < 4.78 is 11.8. The van der Waals surface area contributed by atoms with Gasteiger partial charge in [-0.25, -0.2) is 24.0 Å². The van der Waals surface area contributed by atoms with Crippen LogP contribution in [0, 0.1) is 0 Å². The van der Waals surface area contributed by atoms with Crippen LogP contribution in [0.3, 0.4) is 0 Å². The van der Waals surface area contributed by atoms with E-state index >= 15 is 0 Å². The second-order valence-corrected chi connectivity index (χ2v) is 15.9. The largest absolute Gasteiger partial charge is 0.477 e. The monoisotopic (exact) mass is 797 g/mol. The molecule has 24 heteroatoms. The number of tetrazole rings is 1. The Kier molecular flexibility index (Phi) is 13.6. The van der Waals surface area contributed by atoms with Crippen LogP contribution in [0.5, 0.6) is 0 Å². The zero-order valence-electron chi connectivity index (χ0n) is 29.5. The molecule has 4 heterocycles. The molecule has 0 saturated carbocycles. The molecule has 1 saturated heterocycles. The number of alkyl carbamates (subject to hydrolysis) is 2. The highest BCUT2D eigenvalue weighted by Gasteiger charge is 2.54. The van der Waals surface area contributed by atoms with Crippen molar-refractivity contribution in [3.63, 3.8) is 0 Å². The molecule has 2 atom stereocenters. The number of carboxylic acids is 1. The number of anilines is 1. The summed E-state index contributed by atoms with van der Waals surface area (Å²) in [5, 5.41) is 36.9. The number of ether oxygens (including phenoxy) is 2. The number of hydrogen-bond donors (Lipinski definition) is 5. The van der Waals surface area contributed by atoms with Crippen LogP contribution in [0.1, 0.15) is 47.2 Å². The maximum Gasteiger partial charge on any atom is 0.407 e. The van der Waals surface area contributed by atoms with Gasteiger partial charge in [-0.05, 0) is 57.5 Å². The highest BCUT2D eigenvalue weighted by atomic mass is 32.2. The Labute approximate surface area is 315 Å². The Morgan fingerprint density at radius 2 is 1.77 bits per heavy atom. The van der Waals surface area contributed by atoms with Gasteiger partial charge in [0.2, 0.25) is 11.6 Å². The zero-order chi connectivity index (χ0) is 38.9. The summed E-state index contributed by atoms with van der Waals surface area (Å²) in [4.78, 5) is 84.6. The molecule has 0 radical (unpaired) electrons. The van der Waals surface area contributed by atoms with Gasteiger partial charge in [0.25, 0.3) is 11.8 Å². The summed E-state index contributed by atoms with van der Waals surface area (Å²) in [6, 6.07) is -1.11. The number of β-lactam (4-membered cyclic amide) rings is 1. The third-order valence-electron chi connectivity index (χ3n) is 6.56. The molecular weight excluding hydrogens is 759 g/mol. The summed E-state index contributed by atoms with van der Waals surface area (Å²) in [6.45, 7) is 10.6. The third-order valence-corrected chi connectivity index (χ3v) is 9.72. The van der Waals surface area contributed by atoms with Crippen molar-refractivity contribution in [3.05, 3.63) is 22.3 Å². The predicted octanol–water partition coefficient (Wildman–Crippen LogP) is 0.999. The second-order valence-electron chi connectivity index (χ2n) is 13.0. The summed E-state index contributed by atoms with van der Waals surface area (Å²) in [5.41, 5.74) is -1.42. The molecule has 1 fully saturated rings. The molecule has 2 aromatic heterocycles. The normalized spacial score (nSPS) is 17.3. The van der Waals surface area contributed by atoms with Crippen molar-refractivity contribution >= 4 is 82.1 Å². The summed E-state index contributed by atoms with van der Waals surface area (Å²) in [6.07, 6.45) is -0.856. The minimum Gasteiger partial charge on any atom is -0.477 e. The van der Waals surface area contributed by atoms with Gasteiger partial charge in [-0.15, -0.1) is 28.2 Å². The van der Waals surface area contributed by atoms with Crippen LogP contribution in [-0.2, 0) is 40.0 Å². The first-order chi connectivity index (χ1) is 25.0. The van der Waals surface area contributed by atoms with Crippen LogP contribution >= 0.6 is 34.9 Å². The molecule has 53 heavy (non-hydrogen) atoms. The van der Waals surface area contributed by atoms with Crippen molar-refractivity contribution < 1.29 is 48.2 Å². The Balaban J connectivity index is 1.39. The number of carbonyl (C=O) groups excluding carboxylic acids is 5. The van der Waals surface area contributed by atoms with Gasteiger partial charge >= 0.3 is 18.2 Å². The van der Waals surface area contributed by atoms with Crippen molar-refractivity contribution in [3.8, 4) is 0 Å². The topological polar surface area (TPSA) is 271 Å². The van der Waals surface area contributed by atoms with E-state index in [4.69, 9.17) is 14.3 Å². The SMILES string of the molecule is CC(C)(C)OC(=O)NCCON=C(C(=O)NC1C(=O)N2C(C(=O)O)=C(CSc3nnnn3CCNC(=O)OC(C)(C)C)CS[C@@H]12)c1csc(NC=O)n1. The van der Waals surface area contributed by atoms with Gasteiger partial charge in [-0.3, -0.25) is 19.3 Å². The lowest BCUT2D eigenvalue weighted by Gasteiger charge is -2.49. The molecule has 21 nitrogen and oxygen atoms in total. The predicted molar refractivity (Wildman–Crippen MR) is 191 cm³/mol. The number of rotatable bonds is 16. The number of nitrogens with one attached hydrogen (secondary N) is 4. The molecule has 5 amide bonds. The van der Waals surface area contributed by atoms with Gasteiger partial charge < -0.3 is 40.7 Å². The number of thioether (sulfide) groups is 2. The van der Waals surface area contributed by atoms with Gasteiger partial charge in [0, 0.05) is 23.4 Å². The molecule has 2 aliphatic heterocycles. The number of carbonyl (C=O) groups is 6. The van der Waals surface area contributed by atoms with Crippen molar-refractivity contribution in [2.24, 2.45) is 5.16 Å². The van der Waals surface area contributed by atoms with Gasteiger partial charge in [-0.2, -0.15) is 0 Å². The van der Waals surface area contributed by atoms with E-state index in [1.807, 2.05) is 0 Å². The summed E-state index contributed by atoms with van der Waals surface area (Å²) in [7, 11) is 0. The van der Waals surface area contributed by atoms with E-state index in [1.165, 1.54) is 21.8 Å². The lowest BCUT2D eigenvalue weighted by molar-refractivity contribution is -0.150. The quantitative estimate of drug-likeness (QED) is 0.0396. The van der Waals surface area contributed by atoms with Crippen LogP contribution in [0.25, 0.3) is 0 Å². The lowest BCUT2D eigenvalue weighted by atomic mass is 10.0. The first-order valence-corrected chi connectivity index (χ1v) is 18.8. The van der Waals surface area contributed by atoms with E-state index < -0.39 is 52.6 Å². The Morgan fingerprint density at radius 3 is 2.42 bits per heavy atom. The molecule has 5 N–H and O–H groups in total. The van der Waals surface area contributed by atoms with Crippen LogP contribution in [0.15, 0.2) is 27.0 Å². The number of aliphatic carboxylic acids is 1. The molecule has 0 bridgehead atoms. The molecule has 4 rings (SSSR count). The molecular formula is C29H39N11O10S3. The number of aromatic nitrogens is 5. The molecule has 0 aromatic carbocycles. The molecule has 0 spiro atoms. The van der Waals surface area contributed by atoms with Crippen LogP contribution in [0.4, 0.5) is 14.7 Å². The van der Waals surface area contributed by atoms with Crippen molar-refractivity contribution in [1.82, 2.24) is 46.0 Å². The molecule has 2 aliphatic rings. The number of amides is 5. The lowest BCUT2D eigenvalue weighted by Crippen LogP contribution is -2.71. The summed E-state index contributed by atoms with van der Waals surface area (Å²) in [5.74, 6) is -2.46. The number of nitrogens with zero attached hydrogens (tertiary/aromatic N) is 7. The van der Waals surface area contributed by atoms with Crippen LogP contribution < -0.4 is 21.3 Å². The molecule has 2 aromatic rings. The standard InChI is InChI=1S/C29H39N11O10S3/c1-28(2,3)49-26(46)30-7-9-39-25(35-37-38-39)53-12-15-11-51-22-18(21(43)40(22)19(15)23(44)45)34-20(42)17(16-13-52-24(33-16)32-14-41)36-48-10-8-31-27(47)50-29(4,5)6/h13-14,18,22H,7-12H2,1-6H3,(H,30,46)(H,31,47)(H,34,42)(H,44,45)(H,32,33,41)/t18?,22-/m0/s1. The highest BCUT2D eigenvalue weighted by Crippen LogP contribution is 2.41. The van der Waals surface area contributed by atoms with Gasteiger partial charge in [0.15, 0.2) is 10.8 Å². The Bertz CT molecular complexity index is 1770. The van der Waals surface area contributed by atoms with Crippen molar-refractivity contribution in [1.29, 1.82) is 0 Å². The van der Waals surface area contributed by atoms with E-state index in [2.05, 4.69) is 46.9 Å². The number of carboxylic acid groups (broad SMARTS) is 1. The number of oxime groups is 1. The fourth-order valence-corrected chi connectivity index (χ4v) is 7.54. The van der Waals surface area contributed by atoms with Gasteiger partial charge in [-0.1, -0.05) is 16.9 Å². The number of thiazole rings is 1. The summed E-state index contributed by atoms with van der Waals surface area (Å²) >= 11 is 3.43. The smallest absolute Gasteiger partial charge is 0.407 e. The number of fused-ring (bicyclic) bond motifs is 1. The third kappa shape index (κ3) is 11.5. The fourth-order valence-electron chi connectivity index (χ4n) is 4.50. The maximum absolute atomic E-state index is 13.5. The van der Waals surface area contributed by atoms with Gasteiger partial charge in [0.1, 0.15) is 40.6 Å². The second kappa shape index (κ2) is 17.7. The van der Waals surface area contributed by atoms with E-state index in [9.17, 15) is 33.9 Å². The molecule has 1 unspecified atom stereocenters.